The van der Waals surface area contributed by atoms with Crippen LogP contribution in [0.2, 0.25) is 0 Å². The van der Waals surface area contributed by atoms with E-state index >= 15 is 0 Å². The van der Waals surface area contributed by atoms with Crippen molar-refractivity contribution in [3.8, 4) is 17.2 Å². The normalized spacial score (nSPS) is 10.5. The minimum absolute atomic E-state index is 0.183. The van der Waals surface area contributed by atoms with E-state index in [0.29, 0.717) is 42.7 Å². The van der Waals surface area contributed by atoms with Gasteiger partial charge in [-0.2, -0.15) is 0 Å². The van der Waals surface area contributed by atoms with E-state index in [2.05, 4.69) is 40.3 Å². The molecule has 0 aliphatic rings. The summed E-state index contributed by atoms with van der Waals surface area (Å²) in [5.41, 5.74) is 3.97. The number of halogens is 1. The van der Waals surface area contributed by atoms with Crippen LogP contribution < -0.4 is 19.5 Å². The van der Waals surface area contributed by atoms with Gasteiger partial charge in [0.1, 0.15) is 12.4 Å². The Morgan fingerprint density at radius 1 is 1.03 bits per heavy atom. The van der Waals surface area contributed by atoms with Crippen LogP contribution in [0, 0.1) is 6.92 Å². The molecule has 0 radical (unpaired) electrons. The summed E-state index contributed by atoms with van der Waals surface area (Å²) < 4.78 is 18.1. The van der Waals surface area contributed by atoms with Crippen molar-refractivity contribution in [2.75, 3.05) is 19.0 Å². The van der Waals surface area contributed by atoms with Gasteiger partial charge < -0.3 is 24.6 Å². The van der Waals surface area contributed by atoms with Crippen LogP contribution in [-0.2, 0) is 13.2 Å². The van der Waals surface area contributed by atoms with Crippen LogP contribution in [0.1, 0.15) is 34.0 Å². The number of carboxylic acids is 1. The molecule has 0 fully saturated rings. The first kappa shape index (κ1) is 23.5. The lowest BCUT2D eigenvalue weighted by Crippen LogP contribution is -2.06. The third kappa shape index (κ3) is 5.95. The van der Waals surface area contributed by atoms with Crippen molar-refractivity contribution in [2.24, 2.45) is 0 Å². The van der Waals surface area contributed by atoms with E-state index in [1.165, 1.54) is 11.6 Å². The maximum atomic E-state index is 11.3. The van der Waals surface area contributed by atoms with Crippen LogP contribution in [0.3, 0.4) is 0 Å². The molecule has 0 saturated heterocycles. The monoisotopic (exact) mass is 499 g/mol. The molecule has 0 aliphatic heterocycles. The number of carbonyl (C=O) groups is 1. The SMILES string of the molecule is CCOc1cc(CNc2cc(C(=O)O)ccc2OC)c(Br)cc1OCc1cccc(C)c1. The van der Waals surface area contributed by atoms with Gasteiger partial charge in [0, 0.05) is 11.0 Å². The van der Waals surface area contributed by atoms with Crippen LogP contribution >= 0.6 is 15.9 Å². The zero-order valence-corrected chi connectivity index (χ0v) is 19.9. The summed E-state index contributed by atoms with van der Waals surface area (Å²) in [6.45, 7) is 5.34. The molecule has 3 aromatic rings. The molecule has 7 heteroatoms. The zero-order valence-electron chi connectivity index (χ0n) is 18.3. The van der Waals surface area contributed by atoms with Gasteiger partial charge in [0.05, 0.1) is 25.0 Å². The molecule has 0 unspecified atom stereocenters. The highest BCUT2D eigenvalue weighted by Gasteiger charge is 2.13. The molecule has 0 aliphatic carbocycles. The van der Waals surface area contributed by atoms with Gasteiger partial charge in [-0.3, -0.25) is 0 Å². The average molecular weight is 500 g/mol. The first-order chi connectivity index (χ1) is 15.4. The summed E-state index contributed by atoms with van der Waals surface area (Å²) >= 11 is 3.62. The predicted molar refractivity (Wildman–Crippen MR) is 128 cm³/mol. The number of rotatable bonds is 10. The summed E-state index contributed by atoms with van der Waals surface area (Å²) in [7, 11) is 1.55. The Hall–Kier alpha value is -3.19. The molecular weight excluding hydrogens is 474 g/mol. The van der Waals surface area contributed by atoms with Gasteiger partial charge in [0.25, 0.3) is 0 Å². The molecule has 168 valence electrons. The molecule has 0 bridgehead atoms. The van der Waals surface area contributed by atoms with Crippen LogP contribution in [0.25, 0.3) is 0 Å². The quantitative estimate of drug-likeness (QED) is 0.353. The zero-order chi connectivity index (χ0) is 23.1. The summed E-state index contributed by atoms with van der Waals surface area (Å²) in [5, 5.41) is 12.5. The lowest BCUT2D eigenvalue weighted by atomic mass is 10.1. The summed E-state index contributed by atoms with van der Waals surface area (Å²) in [6, 6.07) is 16.7. The van der Waals surface area contributed by atoms with Gasteiger partial charge in [0.15, 0.2) is 11.5 Å². The summed E-state index contributed by atoms with van der Waals surface area (Å²) in [5.74, 6) is 0.862. The van der Waals surface area contributed by atoms with Crippen molar-refractivity contribution in [3.05, 3.63) is 81.3 Å². The fourth-order valence-electron chi connectivity index (χ4n) is 3.23. The second kappa shape index (κ2) is 10.9. The Labute approximate surface area is 196 Å². The summed E-state index contributed by atoms with van der Waals surface area (Å²) in [4.78, 5) is 11.3. The molecule has 0 saturated carbocycles. The number of hydrogen-bond donors (Lipinski definition) is 2. The number of benzene rings is 3. The maximum Gasteiger partial charge on any atom is 0.335 e. The lowest BCUT2D eigenvalue weighted by Gasteiger charge is -2.17. The van der Waals surface area contributed by atoms with Crippen molar-refractivity contribution in [2.45, 2.75) is 27.0 Å². The number of methoxy groups -OCH3 is 1. The fraction of sp³-hybridized carbons (Fsp3) is 0.240. The minimum Gasteiger partial charge on any atom is -0.495 e. The third-order valence-electron chi connectivity index (χ3n) is 4.81. The Bertz CT molecular complexity index is 1100. The maximum absolute atomic E-state index is 11.3. The van der Waals surface area contributed by atoms with Crippen LogP contribution in [0.15, 0.2) is 59.1 Å². The number of aromatic carboxylic acids is 1. The van der Waals surface area contributed by atoms with E-state index < -0.39 is 5.97 Å². The smallest absolute Gasteiger partial charge is 0.335 e. The molecule has 0 amide bonds. The standard InChI is InChI=1S/C25H26BrNO5/c1-4-31-23-12-19(14-27-21-11-18(25(28)29)8-9-22(21)30-3)20(26)13-24(23)32-15-17-7-5-6-16(2)10-17/h5-13,27H,4,14-15H2,1-3H3,(H,28,29). The third-order valence-corrected chi connectivity index (χ3v) is 5.54. The Balaban J connectivity index is 1.80. The van der Waals surface area contributed by atoms with Gasteiger partial charge in [-0.05, 0) is 55.3 Å². The highest BCUT2D eigenvalue weighted by Crippen LogP contribution is 2.35. The van der Waals surface area contributed by atoms with Gasteiger partial charge >= 0.3 is 5.97 Å². The van der Waals surface area contributed by atoms with Crippen molar-refractivity contribution >= 4 is 27.6 Å². The van der Waals surface area contributed by atoms with Gasteiger partial charge in [-0.25, -0.2) is 4.79 Å². The highest BCUT2D eigenvalue weighted by atomic mass is 79.9. The molecule has 6 nitrogen and oxygen atoms in total. The fourth-order valence-corrected chi connectivity index (χ4v) is 3.69. The second-order valence-corrected chi connectivity index (χ2v) is 8.03. The molecule has 0 atom stereocenters. The largest absolute Gasteiger partial charge is 0.495 e. The number of ether oxygens (including phenoxy) is 3. The number of carboxylic acid groups (broad SMARTS) is 1. The van der Waals surface area contributed by atoms with E-state index in [0.717, 1.165) is 15.6 Å². The first-order valence-electron chi connectivity index (χ1n) is 10.2. The van der Waals surface area contributed by atoms with E-state index in [4.69, 9.17) is 14.2 Å². The van der Waals surface area contributed by atoms with Crippen LogP contribution in [0.5, 0.6) is 17.2 Å². The molecule has 2 N–H and O–H groups in total. The Morgan fingerprint density at radius 3 is 2.50 bits per heavy atom. The molecule has 32 heavy (non-hydrogen) atoms. The number of nitrogens with one attached hydrogen (secondary N) is 1. The number of hydrogen-bond acceptors (Lipinski definition) is 5. The number of anilines is 1. The molecule has 0 aromatic heterocycles. The van der Waals surface area contributed by atoms with Crippen molar-refractivity contribution in [1.29, 1.82) is 0 Å². The second-order valence-electron chi connectivity index (χ2n) is 7.17. The van der Waals surface area contributed by atoms with E-state index in [1.807, 2.05) is 31.2 Å². The molecular formula is C25H26BrNO5. The summed E-state index contributed by atoms with van der Waals surface area (Å²) in [6.07, 6.45) is 0. The molecule has 0 spiro atoms. The Kier molecular flexibility index (Phi) is 8.00. The van der Waals surface area contributed by atoms with Gasteiger partial charge in [0.2, 0.25) is 0 Å². The van der Waals surface area contributed by atoms with Gasteiger partial charge in [-0.1, -0.05) is 45.8 Å². The van der Waals surface area contributed by atoms with Crippen molar-refractivity contribution < 1.29 is 24.1 Å². The predicted octanol–water partition coefficient (Wildman–Crippen LogP) is 6.05. The van der Waals surface area contributed by atoms with Crippen LogP contribution in [-0.4, -0.2) is 24.8 Å². The molecule has 0 heterocycles. The molecule has 3 aromatic carbocycles. The Morgan fingerprint density at radius 2 is 1.81 bits per heavy atom. The molecule has 3 rings (SSSR count). The van der Waals surface area contributed by atoms with Gasteiger partial charge in [-0.15, -0.1) is 0 Å². The van der Waals surface area contributed by atoms with Crippen molar-refractivity contribution in [1.82, 2.24) is 0 Å². The number of aryl methyl sites for hydroxylation is 1. The van der Waals surface area contributed by atoms with E-state index in [1.54, 1.807) is 19.2 Å². The van der Waals surface area contributed by atoms with Crippen LogP contribution in [0.4, 0.5) is 5.69 Å². The lowest BCUT2D eigenvalue weighted by molar-refractivity contribution is 0.0697. The van der Waals surface area contributed by atoms with Crippen molar-refractivity contribution in [3.63, 3.8) is 0 Å². The topological polar surface area (TPSA) is 77.0 Å². The average Bonchev–Trinajstić information content (AvgIpc) is 2.78. The first-order valence-corrected chi connectivity index (χ1v) is 11.0. The van der Waals surface area contributed by atoms with E-state index in [9.17, 15) is 9.90 Å². The van der Waals surface area contributed by atoms with E-state index in [-0.39, 0.29) is 5.56 Å². The highest BCUT2D eigenvalue weighted by molar-refractivity contribution is 9.10. The minimum atomic E-state index is -0.995.